The molecule has 0 amide bonds. The molecular formula is C17H19N5O2S. The molecule has 1 fully saturated rings. The Morgan fingerprint density at radius 1 is 1.08 bits per heavy atom. The molecule has 5 rings (SSSR count). The molecule has 0 radical (unpaired) electrons. The van der Waals surface area contributed by atoms with E-state index in [1.165, 1.54) is 30.6 Å². The van der Waals surface area contributed by atoms with Gasteiger partial charge in [0.25, 0.3) is 0 Å². The van der Waals surface area contributed by atoms with Crippen LogP contribution in [-0.2, 0) is 6.54 Å². The molecule has 7 nitrogen and oxygen atoms in total. The highest BCUT2D eigenvalue weighted by molar-refractivity contribution is 7.16. The molecule has 4 heterocycles. The highest BCUT2D eigenvalue weighted by atomic mass is 32.1. The molecule has 1 saturated heterocycles. The third-order valence-electron chi connectivity index (χ3n) is 4.67. The lowest BCUT2D eigenvalue weighted by Crippen LogP contribution is -2.30. The number of rotatable bonds is 3. The van der Waals surface area contributed by atoms with Crippen LogP contribution in [0.15, 0.2) is 24.3 Å². The summed E-state index contributed by atoms with van der Waals surface area (Å²) >= 11 is 1.52. The first kappa shape index (κ1) is 15.1. The van der Waals surface area contributed by atoms with Crippen molar-refractivity contribution in [3.63, 3.8) is 0 Å². The molecule has 3 aromatic rings. The maximum Gasteiger partial charge on any atom is 0.234 e. The summed E-state index contributed by atoms with van der Waals surface area (Å²) in [7, 11) is 0. The lowest BCUT2D eigenvalue weighted by atomic mass is 10.1. The molecule has 1 aromatic carbocycles. The van der Waals surface area contributed by atoms with Gasteiger partial charge in [-0.05, 0) is 38.1 Å². The number of ether oxygens (including phenoxy) is 2. The molecule has 0 bridgehead atoms. The molecule has 0 unspecified atom stereocenters. The lowest BCUT2D eigenvalue weighted by molar-refractivity contribution is 0.0903. The molecule has 1 atom stereocenters. The van der Waals surface area contributed by atoms with Crippen molar-refractivity contribution >= 4 is 16.3 Å². The number of benzene rings is 1. The Hall–Kier alpha value is -2.19. The van der Waals surface area contributed by atoms with E-state index in [0.717, 1.165) is 46.9 Å². The van der Waals surface area contributed by atoms with Crippen molar-refractivity contribution < 1.29 is 9.47 Å². The van der Waals surface area contributed by atoms with Gasteiger partial charge in [-0.1, -0.05) is 29.9 Å². The smallest absolute Gasteiger partial charge is 0.234 e. The molecule has 25 heavy (non-hydrogen) atoms. The van der Waals surface area contributed by atoms with E-state index in [9.17, 15) is 0 Å². The Kier molecular flexibility index (Phi) is 3.79. The number of aromatic nitrogens is 4. The Labute approximate surface area is 149 Å². The SMILES string of the molecule is c1ccc2c(c1)OC[C@H](c1nn3c(CN4CCCCC4)nnc3s1)O2. The van der Waals surface area contributed by atoms with E-state index in [-0.39, 0.29) is 6.10 Å². The monoisotopic (exact) mass is 357 g/mol. The summed E-state index contributed by atoms with van der Waals surface area (Å²) in [6.45, 7) is 3.52. The second-order valence-corrected chi connectivity index (χ2v) is 7.44. The maximum absolute atomic E-state index is 6.06. The van der Waals surface area contributed by atoms with Gasteiger partial charge in [-0.2, -0.15) is 9.61 Å². The highest BCUT2D eigenvalue weighted by Gasteiger charge is 2.27. The second kappa shape index (κ2) is 6.27. The minimum atomic E-state index is -0.204. The predicted octanol–water partition coefficient (Wildman–Crippen LogP) is 2.68. The first-order valence-electron chi connectivity index (χ1n) is 8.69. The van der Waals surface area contributed by atoms with Crippen molar-refractivity contribution in [2.24, 2.45) is 0 Å². The standard InChI is InChI=1S/C17H19N5O2S/c1-4-8-21(9-5-1)10-15-18-19-17-22(15)20-16(25-17)14-11-23-12-6-2-3-7-13(12)24-14/h2-3,6-7,14H,1,4-5,8-11H2/t14-/m1/s1. The van der Waals surface area contributed by atoms with E-state index >= 15 is 0 Å². The van der Waals surface area contributed by atoms with E-state index in [4.69, 9.17) is 14.6 Å². The summed E-state index contributed by atoms with van der Waals surface area (Å²) < 4.78 is 13.7. The number of hydrogen-bond acceptors (Lipinski definition) is 7. The van der Waals surface area contributed by atoms with Crippen molar-refractivity contribution in [3.8, 4) is 11.5 Å². The number of para-hydroxylation sites is 2. The zero-order valence-electron chi connectivity index (χ0n) is 13.8. The fraction of sp³-hybridized carbons (Fsp3) is 0.471. The second-order valence-electron chi connectivity index (χ2n) is 6.45. The van der Waals surface area contributed by atoms with Crippen LogP contribution in [0.3, 0.4) is 0 Å². The first-order valence-corrected chi connectivity index (χ1v) is 9.50. The molecule has 0 saturated carbocycles. The summed E-state index contributed by atoms with van der Waals surface area (Å²) in [6.07, 6.45) is 3.64. The molecule has 0 aliphatic carbocycles. The third-order valence-corrected chi connectivity index (χ3v) is 5.66. The molecule has 130 valence electrons. The van der Waals surface area contributed by atoms with E-state index in [1.807, 2.05) is 28.8 Å². The van der Waals surface area contributed by atoms with Crippen LogP contribution in [0.4, 0.5) is 0 Å². The van der Waals surface area contributed by atoms with Gasteiger partial charge in [0.1, 0.15) is 6.61 Å². The molecular weight excluding hydrogens is 338 g/mol. The number of hydrogen-bond donors (Lipinski definition) is 0. The van der Waals surface area contributed by atoms with Gasteiger partial charge in [-0.25, -0.2) is 0 Å². The van der Waals surface area contributed by atoms with Crippen molar-refractivity contribution in [1.82, 2.24) is 24.7 Å². The van der Waals surface area contributed by atoms with Crippen LogP contribution >= 0.6 is 11.3 Å². The summed E-state index contributed by atoms with van der Waals surface area (Å²) in [5, 5.41) is 14.2. The lowest BCUT2D eigenvalue weighted by Gasteiger charge is -2.25. The molecule has 2 aliphatic rings. The normalized spacial score (nSPS) is 20.9. The highest BCUT2D eigenvalue weighted by Crippen LogP contribution is 2.36. The van der Waals surface area contributed by atoms with E-state index in [0.29, 0.717) is 6.61 Å². The van der Waals surface area contributed by atoms with E-state index in [2.05, 4.69) is 15.1 Å². The summed E-state index contributed by atoms with van der Waals surface area (Å²) in [5.41, 5.74) is 0. The predicted molar refractivity (Wildman–Crippen MR) is 93.1 cm³/mol. The Balaban J connectivity index is 1.38. The van der Waals surface area contributed by atoms with Crippen LogP contribution in [0.25, 0.3) is 4.96 Å². The van der Waals surface area contributed by atoms with Crippen molar-refractivity contribution in [2.45, 2.75) is 31.9 Å². The molecule has 2 aliphatic heterocycles. The van der Waals surface area contributed by atoms with Crippen LogP contribution in [0.5, 0.6) is 11.5 Å². The van der Waals surface area contributed by atoms with E-state index in [1.54, 1.807) is 0 Å². The zero-order valence-corrected chi connectivity index (χ0v) is 14.6. The Bertz CT molecular complexity index is 886. The fourth-order valence-corrected chi connectivity index (χ4v) is 4.23. The van der Waals surface area contributed by atoms with Gasteiger partial charge < -0.3 is 9.47 Å². The zero-order chi connectivity index (χ0) is 16.6. The molecule has 0 N–H and O–H groups in total. The van der Waals surface area contributed by atoms with Crippen LogP contribution in [0, 0.1) is 0 Å². The fourth-order valence-electron chi connectivity index (χ4n) is 3.36. The van der Waals surface area contributed by atoms with Crippen molar-refractivity contribution in [1.29, 1.82) is 0 Å². The quantitative estimate of drug-likeness (QED) is 0.718. The van der Waals surface area contributed by atoms with Crippen LogP contribution in [-0.4, -0.2) is 44.4 Å². The molecule has 0 spiro atoms. The number of piperidine rings is 1. The summed E-state index contributed by atoms with van der Waals surface area (Å²) in [6, 6.07) is 7.72. The Morgan fingerprint density at radius 2 is 1.92 bits per heavy atom. The topological polar surface area (TPSA) is 64.8 Å². The Morgan fingerprint density at radius 3 is 2.80 bits per heavy atom. The number of likely N-dealkylation sites (tertiary alicyclic amines) is 1. The van der Waals surface area contributed by atoms with Gasteiger partial charge in [0.15, 0.2) is 28.4 Å². The molecule has 2 aromatic heterocycles. The van der Waals surface area contributed by atoms with Crippen LogP contribution < -0.4 is 9.47 Å². The maximum atomic E-state index is 6.06. The van der Waals surface area contributed by atoms with Crippen molar-refractivity contribution in [2.75, 3.05) is 19.7 Å². The van der Waals surface area contributed by atoms with Gasteiger partial charge in [0.2, 0.25) is 4.96 Å². The summed E-state index contributed by atoms with van der Waals surface area (Å²) in [4.78, 5) is 3.24. The van der Waals surface area contributed by atoms with Crippen LogP contribution in [0.2, 0.25) is 0 Å². The third kappa shape index (κ3) is 2.85. The minimum Gasteiger partial charge on any atom is -0.485 e. The first-order chi connectivity index (χ1) is 12.4. The number of nitrogens with zero attached hydrogens (tertiary/aromatic N) is 5. The van der Waals surface area contributed by atoms with Crippen molar-refractivity contribution in [3.05, 3.63) is 35.1 Å². The van der Waals surface area contributed by atoms with Gasteiger partial charge in [-0.15, -0.1) is 10.2 Å². The van der Waals surface area contributed by atoms with Gasteiger partial charge in [0.05, 0.1) is 6.54 Å². The van der Waals surface area contributed by atoms with E-state index < -0.39 is 0 Å². The largest absolute Gasteiger partial charge is 0.485 e. The molecule has 8 heteroatoms. The minimum absolute atomic E-state index is 0.204. The van der Waals surface area contributed by atoms with Gasteiger partial charge >= 0.3 is 0 Å². The average molecular weight is 357 g/mol. The summed E-state index contributed by atoms with van der Waals surface area (Å²) in [5.74, 6) is 2.45. The number of fused-ring (bicyclic) bond motifs is 2. The van der Waals surface area contributed by atoms with Gasteiger partial charge in [-0.3, -0.25) is 4.90 Å². The van der Waals surface area contributed by atoms with Crippen LogP contribution in [0.1, 0.15) is 36.2 Å². The average Bonchev–Trinajstić information content (AvgIpc) is 3.24. The van der Waals surface area contributed by atoms with Gasteiger partial charge in [0, 0.05) is 0 Å².